The van der Waals surface area contributed by atoms with Gasteiger partial charge in [-0.2, -0.15) is 0 Å². The van der Waals surface area contributed by atoms with Crippen LogP contribution in [0.1, 0.15) is 13.3 Å². The molecule has 6 heavy (non-hydrogen) atoms. The second kappa shape index (κ2) is 5.47. The van der Waals surface area contributed by atoms with Gasteiger partial charge < -0.3 is 5.73 Å². The molecule has 0 radical (unpaired) electrons. The summed E-state index contributed by atoms with van der Waals surface area (Å²) in [5.74, 6) is 0. The molecule has 1 atom stereocenters. The van der Waals surface area contributed by atoms with Gasteiger partial charge in [0.1, 0.15) is 0 Å². The van der Waals surface area contributed by atoms with Crippen molar-refractivity contribution >= 4 is 22.6 Å². The summed E-state index contributed by atoms with van der Waals surface area (Å²) in [6.45, 7) is 2.11. The lowest BCUT2D eigenvalue weighted by atomic mass is 10.5. The van der Waals surface area contributed by atoms with Crippen LogP contribution in [0.4, 0.5) is 0 Å². The maximum Gasteiger partial charge on any atom is 0.0238 e. The summed E-state index contributed by atoms with van der Waals surface area (Å²) < 4.78 is 0. The van der Waals surface area contributed by atoms with Crippen LogP contribution in [0.2, 0.25) is 0 Å². The molecule has 3 heteroatoms. The van der Waals surface area contributed by atoms with Gasteiger partial charge in [0, 0.05) is 10.2 Å². The largest absolute Gasteiger partial charge is 0.331 e. The molecule has 40 valence electrons. The molecular weight excluding hydrogens is 114 g/mol. The molecule has 0 rings (SSSR count). The molecule has 0 aliphatic heterocycles. The van der Waals surface area contributed by atoms with Crippen LogP contribution < -0.4 is 5.73 Å². The summed E-state index contributed by atoms with van der Waals surface area (Å²) >= 11 is 0. The topological polar surface area (TPSA) is 26.0 Å². The van der Waals surface area contributed by atoms with Crippen molar-refractivity contribution in [2.24, 2.45) is 5.73 Å². The quantitative estimate of drug-likeness (QED) is 0.469. The van der Waals surface area contributed by atoms with Crippen molar-refractivity contribution in [3.05, 3.63) is 0 Å². The summed E-state index contributed by atoms with van der Waals surface area (Å²) in [7, 11) is 1.15. The van der Waals surface area contributed by atoms with Crippen molar-refractivity contribution in [2.75, 3.05) is 0 Å². The molecule has 1 nitrogen and oxygen atoms in total. The highest BCUT2D eigenvalue weighted by molar-refractivity contribution is 6.11. The van der Waals surface area contributed by atoms with E-state index >= 15 is 0 Å². The molecule has 0 saturated heterocycles. The van der Waals surface area contributed by atoms with Crippen molar-refractivity contribution in [3.8, 4) is 0 Å². The summed E-state index contributed by atoms with van der Waals surface area (Å²) in [6.07, 6.45) is 1.15. The standard InChI is InChI=1S/C3H11NSi.ClH/c1-2-3(4)5;/h3H,2,4H2,1,5H3;1H. The zero-order chi connectivity index (χ0) is 4.28. The normalized spacial score (nSPS) is 13.0. The molecule has 0 aromatic rings. The Morgan fingerprint density at radius 3 is 2.00 bits per heavy atom. The highest BCUT2D eigenvalue weighted by Crippen LogP contribution is 1.71. The molecule has 0 aromatic heterocycles. The van der Waals surface area contributed by atoms with E-state index in [2.05, 4.69) is 6.92 Å². The third-order valence-electron chi connectivity index (χ3n) is 0.644. The van der Waals surface area contributed by atoms with Gasteiger partial charge in [-0.3, -0.25) is 0 Å². The third-order valence-corrected chi connectivity index (χ3v) is 1.46. The third kappa shape index (κ3) is 8.82. The molecule has 0 heterocycles. The van der Waals surface area contributed by atoms with Gasteiger partial charge in [-0.05, 0) is 12.1 Å². The second-order valence-corrected chi connectivity index (χ2v) is 2.87. The SMILES string of the molecule is CCC(N)[SiH3].Cl. The monoisotopic (exact) mass is 125 g/mol. The first kappa shape index (κ1) is 9.69. The molecule has 0 saturated carbocycles. The predicted molar refractivity (Wildman–Crippen MR) is 35.5 cm³/mol. The maximum absolute atomic E-state index is 5.35. The Labute approximate surface area is 48.1 Å². The minimum absolute atomic E-state index is 0. The van der Waals surface area contributed by atoms with Crippen LogP contribution in [0.25, 0.3) is 0 Å². The van der Waals surface area contributed by atoms with Gasteiger partial charge in [0.25, 0.3) is 0 Å². The van der Waals surface area contributed by atoms with Crippen molar-refractivity contribution in [1.29, 1.82) is 0 Å². The molecule has 0 aliphatic carbocycles. The lowest BCUT2D eigenvalue weighted by molar-refractivity contribution is 0.856. The highest BCUT2D eigenvalue weighted by atomic mass is 35.5. The first-order valence-electron chi connectivity index (χ1n) is 2.03. The van der Waals surface area contributed by atoms with Gasteiger partial charge in [0.2, 0.25) is 0 Å². The van der Waals surface area contributed by atoms with Gasteiger partial charge in [0.05, 0.1) is 0 Å². The molecule has 0 aliphatic rings. The lowest BCUT2D eigenvalue weighted by Crippen LogP contribution is -2.17. The molecule has 0 bridgehead atoms. The van der Waals surface area contributed by atoms with Gasteiger partial charge >= 0.3 is 0 Å². The molecule has 0 fully saturated rings. The zero-order valence-electron chi connectivity index (χ0n) is 4.27. The minimum atomic E-state index is 0. The summed E-state index contributed by atoms with van der Waals surface area (Å²) in [5, 5.41) is 0. The van der Waals surface area contributed by atoms with Crippen LogP contribution in [-0.4, -0.2) is 15.9 Å². The first-order valence-corrected chi connectivity index (χ1v) is 3.18. The number of halogens is 1. The van der Waals surface area contributed by atoms with Crippen LogP contribution in [0.3, 0.4) is 0 Å². The van der Waals surface area contributed by atoms with Gasteiger partial charge in [-0.25, -0.2) is 0 Å². The average Bonchev–Trinajstić information content (AvgIpc) is 1.38. The van der Waals surface area contributed by atoms with Crippen LogP contribution in [-0.2, 0) is 0 Å². The van der Waals surface area contributed by atoms with Crippen LogP contribution in [0.5, 0.6) is 0 Å². The summed E-state index contributed by atoms with van der Waals surface area (Å²) in [6, 6.07) is 0. The highest BCUT2D eigenvalue weighted by Gasteiger charge is 1.79. The Morgan fingerprint density at radius 1 is 1.83 bits per heavy atom. The van der Waals surface area contributed by atoms with Crippen LogP contribution >= 0.6 is 12.4 Å². The fourth-order valence-corrected chi connectivity index (χ4v) is 0. The lowest BCUT2D eigenvalue weighted by Gasteiger charge is -1.91. The minimum Gasteiger partial charge on any atom is -0.331 e. The van der Waals surface area contributed by atoms with Crippen LogP contribution in [0.15, 0.2) is 0 Å². The molecule has 0 spiro atoms. The molecule has 2 N–H and O–H groups in total. The van der Waals surface area contributed by atoms with E-state index < -0.39 is 0 Å². The fraction of sp³-hybridized carbons (Fsp3) is 1.00. The zero-order valence-corrected chi connectivity index (χ0v) is 7.09. The Balaban J connectivity index is 0. The van der Waals surface area contributed by atoms with E-state index in [0.717, 1.165) is 16.7 Å². The van der Waals surface area contributed by atoms with Crippen LogP contribution in [0, 0.1) is 0 Å². The average molecular weight is 126 g/mol. The maximum atomic E-state index is 5.35. The van der Waals surface area contributed by atoms with Gasteiger partial charge in [-0.1, -0.05) is 6.92 Å². The van der Waals surface area contributed by atoms with E-state index in [1.54, 1.807) is 0 Å². The second-order valence-electron chi connectivity index (χ2n) is 1.39. The smallest absolute Gasteiger partial charge is 0.0238 e. The number of hydrogen-bond donors (Lipinski definition) is 1. The van der Waals surface area contributed by atoms with E-state index in [0.29, 0.717) is 5.67 Å². The number of nitrogens with two attached hydrogens (primary N) is 1. The molecule has 0 aromatic carbocycles. The number of hydrogen-bond acceptors (Lipinski definition) is 1. The molecule has 1 unspecified atom stereocenters. The van der Waals surface area contributed by atoms with Crippen molar-refractivity contribution < 1.29 is 0 Å². The molecular formula is C3H12ClNSi. The van der Waals surface area contributed by atoms with Crippen molar-refractivity contribution in [1.82, 2.24) is 0 Å². The molecule has 0 amide bonds. The van der Waals surface area contributed by atoms with E-state index in [-0.39, 0.29) is 12.4 Å². The Hall–Kier alpha value is 0.467. The van der Waals surface area contributed by atoms with E-state index in [4.69, 9.17) is 5.73 Å². The van der Waals surface area contributed by atoms with E-state index in [9.17, 15) is 0 Å². The fourth-order valence-electron chi connectivity index (χ4n) is 0. The van der Waals surface area contributed by atoms with Crippen molar-refractivity contribution in [3.63, 3.8) is 0 Å². The Morgan fingerprint density at radius 2 is 2.00 bits per heavy atom. The predicted octanol–water partition coefficient (Wildman–Crippen LogP) is -0.532. The number of rotatable bonds is 1. The van der Waals surface area contributed by atoms with Crippen molar-refractivity contribution in [2.45, 2.75) is 19.0 Å². The van der Waals surface area contributed by atoms with Gasteiger partial charge in [0.15, 0.2) is 0 Å². The summed E-state index contributed by atoms with van der Waals surface area (Å²) in [4.78, 5) is 0. The summed E-state index contributed by atoms with van der Waals surface area (Å²) in [5.41, 5.74) is 5.88. The Bertz CT molecular complexity index is 24.8. The Kier molecular flexibility index (Phi) is 8.83. The van der Waals surface area contributed by atoms with Gasteiger partial charge in [-0.15, -0.1) is 12.4 Å². The first-order chi connectivity index (χ1) is 2.27. The van der Waals surface area contributed by atoms with E-state index in [1.165, 1.54) is 0 Å². The van der Waals surface area contributed by atoms with E-state index in [1.807, 2.05) is 0 Å².